The molecule has 3 unspecified atom stereocenters. The fourth-order valence-corrected chi connectivity index (χ4v) is 1.91. The zero-order valence-corrected chi connectivity index (χ0v) is 7.85. The minimum Gasteiger partial charge on any atom is -0.486 e. The molecule has 1 saturated carbocycles. The van der Waals surface area contributed by atoms with Crippen LogP contribution in [0.4, 0.5) is 0 Å². The molecule has 74 valence electrons. The van der Waals surface area contributed by atoms with E-state index in [1.807, 2.05) is 24.3 Å². The van der Waals surface area contributed by atoms with Crippen LogP contribution in [0.3, 0.4) is 0 Å². The third-order valence-corrected chi connectivity index (χ3v) is 2.90. The number of benzene rings is 1. The van der Waals surface area contributed by atoms with Crippen LogP contribution in [-0.4, -0.2) is 18.8 Å². The van der Waals surface area contributed by atoms with Crippen molar-refractivity contribution in [2.45, 2.75) is 18.6 Å². The summed E-state index contributed by atoms with van der Waals surface area (Å²) < 4.78 is 11.4. The molecule has 0 spiro atoms. The van der Waals surface area contributed by atoms with E-state index in [9.17, 15) is 0 Å². The summed E-state index contributed by atoms with van der Waals surface area (Å²) in [5, 5.41) is 0. The van der Waals surface area contributed by atoms with E-state index in [0.29, 0.717) is 18.6 Å². The predicted molar refractivity (Wildman–Crippen MR) is 52.4 cm³/mol. The van der Waals surface area contributed by atoms with E-state index in [1.54, 1.807) is 0 Å². The number of para-hydroxylation sites is 2. The lowest BCUT2D eigenvalue weighted by Crippen LogP contribution is -2.33. The first-order valence-corrected chi connectivity index (χ1v) is 4.98. The van der Waals surface area contributed by atoms with E-state index in [4.69, 9.17) is 15.2 Å². The van der Waals surface area contributed by atoms with Crippen LogP contribution in [0, 0.1) is 5.92 Å². The minimum atomic E-state index is 0.153. The quantitative estimate of drug-likeness (QED) is 0.724. The Bertz CT molecular complexity index is 353. The first-order valence-electron chi connectivity index (χ1n) is 4.98. The third-order valence-electron chi connectivity index (χ3n) is 2.90. The van der Waals surface area contributed by atoms with Crippen LogP contribution < -0.4 is 15.2 Å². The highest BCUT2D eigenvalue weighted by atomic mass is 16.6. The zero-order chi connectivity index (χ0) is 9.54. The molecule has 3 atom stereocenters. The Morgan fingerprint density at radius 1 is 1.21 bits per heavy atom. The Morgan fingerprint density at radius 3 is 2.64 bits per heavy atom. The maximum absolute atomic E-state index is 5.82. The normalized spacial score (nSPS) is 33.9. The second-order valence-corrected chi connectivity index (χ2v) is 3.98. The Kier molecular flexibility index (Phi) is 1.67. The van der Waals surface area contributed by atoms with Gasteiger partial charge >= 0.3 is 0 Å². The van der Waals surface area contributed by atoms with Crippen LogP contribution in [0.1, 0.15) is 6.42 Å². The molecule has 0 amide bonds. The van der Waals surface area contributed by atoms with Crippen LogP contribution in [0.2, 0.25) is 0 Å². The number of hydrogen-bond acceptors (Lipinski definition) is 3. The fourth-order valence-electron chi connectivity index (χ4n) is 1.91. The number of nitrogens with two attached hydrogens (primary N) is 1. The molecule has 0 radical (unpaired) electrons. The van der Waals surface area contributed by atoms with Gasteiger partial charge in [0, 0.05) is 12.0 Å². The Morgan fingerprint density at radius 2 is 1.93 bits per heavy atom. The van der Waals surface area contributed by atoms with Crippen molar-refractivity contribution in [3.05, 3.63) is 24.3 Å². The summed E-state index contributed by atoms with van der Waals surface area (Å²) in [6, 6.07) is 8.09. The van der Waals surface area contributed by atoms with Crippen molar-refractivity contribution in [1.29, 1.82) is 0 Å². The maximum Gasteiger partial charge on any atom is 0.161 e. The Balaban J connectivity index is 1.80. The average molecular weight is 191 g/mol. The van der Waals surface area contributed by atoms with Gasteiger partial charge in [-0.15, -0.1) is 0 Å². The molecule has 3 heteroatoms. The predicted octanol–water partition coefficient (Wildman–Crippen LogP) is 1.17. The van der Waals surface area contributed by atoms with Gasteiger partial charge in [0.05, 0.1) is 0 Å². The van der Waals surface area contributed by atoms with Crippen LogP contribution in [0.15, 0.2) is 24.3 Å². The van der Waals surface area contributed by atoms with Gasteiger partial charge in [-0.3, -0.25) is 0 Å². The highest BCUT2D eigenvalue weighted by Gasteiger charge is 2.43. The summed E-state index contributed by atoms with van der Waals surface area (Å²) in [6.07, 6.45) is 1.22. The minimum absolute atomic E-state index is 0.153. The average Bonchev–Trinajstić information content (AvgIpc) is 2.95. The van der Waals surface area contributed by atoms with Crippen LogP contribution in [0.5, 0.6) is 11.5 Å². The smallest absolute Gasteiger partial charge is 0.161 e. The van der Waals surface area contributed by atoms with Gasteiger partial charge in [-0.2, -0.15) is 0 Å². The van der Waals surface area contributed by atoms with Crippen LogP contribution in [-0.2, 0) is 0 Å². The molecule has 1 aromatic carbocycles. The molecule has 1 aliphatic carbocycles. The maximum atomic E-state index is 5.82. The number of hydrogen-bond donors (Lipinski definition) is 1. The van der Waals surface area contributed by atoms with Crippen molar-refractivity contribution in [3.8, 4) is 11.5 Å². The Hall–Kier alpha value is -1.22. The molecule has 0 aromatic heterocycles. The largest absolute Gasteiger partial charge is 0.486 e. The molecule has 0 saturated heterocycles. The van der Waals surface area contributed by atoms with E-state index in [0.717, 1.165) is 17.9 Å². The van der Waals surface area contributed by atoms with Gasteiger partial charge in [0.1, 0.15) is 12.7 Å². The van der Waals surface area contributed by atoms with E-state index in [2.05, 4.69) is 0 Å². The van der Waals surface area contributed by atoms with E-state index < -0.39 is 0 Å². The van der Waals surface area contributed by atoms with Crippen molar-refractivity contribution in [3.63, 3.8) is 0 Å². The first-order chi connectivity index (χ1) is 6.84. The fraction of sp³-hybridized carbons (Fsp3) is 0.455. The lowest BCUT2D eigenvalue weighted by Gasteiger charge is -2.26. The van der Waals surface area contributed by atoms with Crippen molar-refractivity contribution in [2.24, 2.45) is 11.7 Å². The SMILES string of the molecule is NC1CC1C1COc2ccccc2O1. The monoisotopic (exact) mass is 191 g/mol. The van der Waals surface area contributed by atoms with Crippen molar-refractivity contribution < 1.29 is 9.47 Å². The summed E-state index contributed by atoms with van der Waals surface area (Å²) in [4.78, 5) is 0. The van der Waals surface area contributed by atoms with Crippen molar-refractivity contribution in [1.82, 2.24) is 0 Å². The van der Waals surface area contributed by atoms with Gasteiger partial charge < -0.3 is 15.2 Å². The van der Waals surface area contributed by atoms with E-state index in [-0.39, 0.29) is 6.10 Å². The molecule has 2 aliphatic rings. The summed E-state index contributed by atoms with van der Waals surface area (Å²) in [7, 11) is 0. The summed E-state index contributed by atoms with van der Waals surface area (Å²) in [5.74, 6) is 2.18. The molecule has 1 heterocycles. The first kappa shape index (κ1) is 8.12. The molecule has 3 nitrogen and oxygen atoms in total. The van der Waals surface area contributed by atoms with Crippen molar-refractivity contribution in [2.75, 3.05) is 6.61 Å². The Labute approximate surface area is 82.8 Å². The third kappa shape index (κ3) is 1.24. The van der Waals surface area contributed by atoms with Gasteiger partial charge in [0.2, 0.25) is 0 Å². The molecule has 2 N–H and O–H groups in total. The van der Waals surface area contributed by atoms with Gasteiger partial charge in [0.15, 0.2) is 11.5 Å². The van der Waals surface area contributed by atoms with Crippen molar-refractivity contribution >= 4 is 0 Å². The summed E-state index contributed by atoms with van der Waals surface area (Å²) in [6.45, 7) is 0.634. The van der Waals surface area contributed by atoms with Crippen LogP contribution in [0.25, 0.3) is 0 Å². The molecule has 0 bridgehead atoms. The highest BCUT2D eigenvalue weighted by molar-refractivity contribution is 5.40. The zero-order valence-electron chi connectivity index (χ0n) is 7.85. The van der Waals surface area contributed by atoms with E-state index in [1.165, 1.54) is 0 Å². The molecular formula is C11H13NO2. The summed E-state index contributed by atoms with van der Waals surface area (Å²) in [5.41, 5.74) is 5.78. The molecule has 1 aromatic rings. The van der Waals surface area contributed by atoms with Gasteiger partial charge in [-0.1, -0.05) is 12.1 Å². The topological polar surface area (TPSA) is 44.5 Å². The second kappa shape index (κ2) is 2.89. The van der Waals surface area contributed by atoms with Gasteiger partial charge in [-0.05, 0) is 18.6 Å². The number of fused-ring (bicyclic) bond motifs is 1. The van der Waals surface area contributed by atoms with E-state index >= 15 is 0 Å². The van der Waals surface area contributed by atoms with Crippen LogP contribution >= 0.6 is 0 Å². The highest BCUT2D eigenvalue weighted by Crippen LogP contribution is 2.39. The lowest BCUT2D eigenvalue weighted by atomic mass is 10.2. The number of ether oxygens (including phenoxy) is 2. The lowest BCUT2D eigenvalue weighted by molar-refractivity contribution is 0.0744. The molecule has 14 heavy (non-hydrogen) atoms. The molecular weight excluding hydrogens is 178 g/mol. The summed E-state index contributed by atoms with van der Waals surface area (Å²) >= 11 is 0. The second-order valence-electron chi connectivity index (χ2n) is 3.98. The van der Waals surface area contributed by atoms with Gasteiger partial charge in [-0.25, -0.2) is 0 Å². The standard InChI is InChI=1S/C11H13NO2/c12-8-5-7(8)11-6-13-9-3-1-2-4-10(9)14-11/h1-4,7-8,11H,5-6,12H2. The molecule has 1 fully saturated rings. The molecule has 3 rings (SSSR count). The van der Waals surface area contributed by atoms with Gasteiger partial charge in [0.25, 0.3) is 0 Å². The molecule has 1 aliphatic heterocycles. The number of rotatable bonds is 1.